The highest BCUT2D eigenvalue weighted by Crippen LogP contribution is 2.54. The second kappa shape index (κ2) is 6.80. The first-order valence-corrected chi connectivity index (χ1v) is 9.63. The topological polar surface area (TPSA) is 61.9 Å². The number of halogens is 5. The van der Waals surface area contributed by atoms with E-state index in [1.54, 1.807) is 18.2 Å². The smallest absolute Gasteiger partial charge is 0.200 e. The summed E-state index contributed by atoms with van der Waals surface area (Å²) in [7, 11) is 0. The molecule has 0 bridgehead atoms. The fourth-order valence-corrected chi connectivity index (χ4v) is 4.91. The lowest BCUT2D eigenvalue weighted by Gasteiger charge is -2.38. The Morgan fingerprint density at radius 1 is 0.871 bits per heavy atom. The second-order valence-electron chi connectivity index (χ2n) is 7.87. The standard InChI is InChI=1S/C23H16F5N3/c24-17-16(18(25)20(27)21(28)19(17)26)22-13-7-9-3-1-2-4-11(9)15(13)12-8-10(23(29)30)5-6-14(12)31-22/h1-6,8,13,15,22,31H,7H2,(H3,29,30). The van der Waals surface area contributed by atoms with Crippen molar-refractivity contribution in [2.45, 2.75) is 18.4 Å². The summed E-state index contributed by atoms with van der Waals surface area (Å²) in [5.74, 6) is -10.7. The molecule has 1 heterocycles. The number of nitrogens with one attached hydrogen (secondary N) is 2. The van der Waals surface area contributed by atoms with Crippen molar-refractivity contribution in [3.8, 4) is 0 Å². The molecule has 0 spiro atoms. The Bertz CT molecular complexity index is 1230. The van der Waals surface area contributed by atoms with Gasteiger partial charge in [0.25, 0.3) is 0 Å². The number of hydrogen-bond donors (Lipinski definition) is 3. The van der Waals surface area contributed by atoms with Crippen LogP contribution in [0.4, 0.5) is 27.6 Å². The zero-order chi connectivity index (χ0) is 22.0. The summed E-state index contributed by atoms with van der Waals surface area (Å²) in [5.41, 5.74) is 8.38. The molecule has 0 aromatic heterocycles. The maximum Gasteiger partial charge on any atom is 0.200 e. The van der Waals surface area contributed by atoms with Gasteiger partial charge in [-0.1, -0.05) is 24.3 Å². The monoisotopic (exact) mass is 429 g/mol. The van der Waals surface area contributed by atoms with Crippen LogP contribution in [0.1, 0.15) is 39.8 Å². The Hall–Kier alpha value is -3.42. The molecule has 1 aliphatic heterocycles. The minimum atomic E-state index is -2.17. The predicted octanol–water partition coefficient (Wildman–Crippen LogP) is 5.14. The van der Waals surface area contributed by atoms with E-state index in [-0.39, 0.29) is 11.8 Å². The lowest BCUT2D eigenvalue weighted by molar-refractivity contribution is 0.341. The van der Waals surface area contributed by atoms with Gasteiger partial charge in [-0.2, -0.15) is 0 Å². The highest BCUT2D eigenvalue weighted by atomic mass is 19.2. The van der Waals surface area contributed by atoms with Crippen molar-refractivity contribution in [2.24, 2.45) is 11.7 Å². The SMILES string of the molecule is N=C(N)c1ccc2c(c1)C1c3ccccc3CC1C(c1c(F)c(F)c(F)c(F)c1F)N2. The van der Waals surface area contributed by atoms with Gasteiger partial charge in [-0.15, -0.1) is 0 Å². The Labute approximate surface area is 174 Å². The Balaban J connectivity index is 1.75. The molecule has 0 radical (unpaired) electrons. The third kappa shape index (κ3) is 2.74. The number of hydrogen-bond acceptors (Lipinski definition) is 2. The van der Waals surface area contributed by atoms with Gasteiger partial charge in [-0.3, -0.25) is 5.41 Å². The van der Waals surface area contributed by atoms with E-state index < -0.39 is 46.6 Å². The first-order chi connectivity index (χ1) is 14.8. The van der Waals surface area contributed by atoms with Crippen LogP contribution in [0.2, 0.25) is 0 Å². The molecule has 8 heteroatoms. The van der Waals surface area contributed by atoms with Crippen molar-refractivity contribution in [1.82, 2.24) is 0 Å². The number of nitrogen functional groups attached to an aromatic ring is 1. The average Bonchev–Trinajstić information content (AvgIpc) is 3.16. The van der Waals surface area contributed by atoms with Crippen molar-refractivity contribution in [3.05, 3.63) is 99.4 Å². The van der Waals surface area contributed by atoms with Crippen molar-refractivity contribution in [2.75, 3.05) is 5.32 Å². The normalized spacial score (nSPS) is 21.1. The molecule has 1 aliphatic carbocycles. The molecule has 5 rings (SSSR count). The van der Waals surface area contributed by atoms with Crippen LogP contribution in [-0.4, -0.2) is 5.84 Å². The van der Waals surface area contributed by atoms with Crippen LogP contribution in [0, 0.1) is 40.4 Å². The molecule has 3 aromatic rings. The van der Waals surface area contributed by atoms with E-state index in [1.165, 1.54) is 0 Å². The third-order valence-electron chi connectivity index (χ3n) is 6.27. The highest BCUT2D eigenvalue weighted by Gasteiger charge is 2.46. The molecule has 0 amide bonds. The molecule has 3 nitrogen and oxygen atoms in total. The van der Waals surface area contributed by atoms with Gasteiger partial charge in [0.2, 0.25) is 5.82 Å². The van der Waals surface area contributed by atoms with Gasteiger partial charge in [0, 0.05) is 17.2 Å². The minimum absolute atomic E-state index is 0.132. The van der Waals surface area contributed by atoms with Crippen LogP contribution in [0.3, 0.4) is 0 Å². The molecular formula is C23H16F5N3. The first-order valence-electron chi connectivity index (χ1n) is 9.63. The second-order valence-corrected chi connectivity index (χ2v) is 7.87. The van der Waals surface area contributed by atoms with Gasteiger partial charge < -0.3 is 11.1 Å². The molecule has 0 saturated heterocycles. The summed E-state index contributed by atoms with van der Waals surface area (Å²) < 4.78 is 71.0. The molecule has 3 aromatic carbocycles. The van der Waals surface area contributed by atoms with Crippen LogP contribution < -0.4 is 11.1 Å². The summed E-state index contributed by atoms with van der Waals surface area (Å²) >= 11 is 0. The van der Waals surface area contributed by atoms with E-state index in [0.717, 1.165) is 16.7 Å². The number of fused-ring (bicyclic) bond motifs is 5. The van der Waals surface area contributed by atoms with Gasteiger partial charge in [0.15, 0.2) is 23.3 Å². The Kier molecular flexibility index (Phi) is 4.28. The van der Waals surface area contributed by atoms with Crippen molar-refractivity contribution in [1.29, 1.82) is 5.41 Å². The van der Waals surface area contributed by atoms with E-state index in [0.29, 0.717) is 17.7 Å². The van der Waals surface area contributed by atoms with Crippen LogP contribution >= 0.6 is 0 Å². The summed E-state index contributed by atoms with van der Waals surface area (Å²) in [6, 6.07) is 11.2. The van der Waals surface area contributed by atoms with Crippen LogP contribution in [0.15, 0.2) is 42.5 Å². The maximum absolute atomic E-state index is 14.7. The van der Waals surface area contributed by atoms with Crippen LogP contribution in [-0.2, 0) is 6.42 Å². The fourth-order valence-electron chi connectivity index (χ4n) is 4.91. The molecule has 3 atom stereocenters. The number of benzene rings is 3. The van der Waals surface area contributed by atoms with Gasteiger partial charge in [0.05, 0.1) is 11.6 Å². The van der Waals surface area contributed by atoms with Crippen LogP contribution in [0.25, 0.3) is 0 Å². The van der Waals surface area contributed by atoms with E-state index in [4.69, 9.17) is 11.1 Å². The summed E-state index contributed by atoms with van der Waals surface area (Å²) in [4.78, 5) is 0. The quantitative estimate of drug-likeness (QED) is 0.174. The summed E-state index contributed by atoms with van der Waals surface area (Å²) in [6.45, 7) is 0. The zero-order valence-electron chi connectivity index (χ0n) is 15.9. The fraction of sp³-hybridized carbons (Fsp3) is 0.174. The molecule has 31 heavy (non-hydrogen) atoms. The molecule has 0 saturated carbocycles. The predicted molar refractivity (Wildman–Crippen MR) is 106 cm³/mol. The van der Waals surface area contributed by atoms with Gasteiger partial charge in [-0.25, -0.2) is 22.0 Å². The van der Waals surface area contributed by atoms with Gasteiger partial charge in [-0.05, 0) is 47.2 Å². The maximum atomic E-state index is 14.7. The van der Waals surface area contributed by atoms with E-state index >= 15 is 0 Å². The lowest BCUT2D eigenvalue weighted by Crippen LogP contribution is -2.32. The first kappa shape index (κ1) is 19.5. The van der Waals surface area contributed by atoms with E-state index in [1.807, 2.05) is 24.3 Å². The number of amidine groups is 1. The van der Waals surface area contributed by atoms with Gasteiger partial charge in [0.1, 0.15) is 5.84 Å². The average molecular weight is 429 g/mol. The summed E-state index contributed by atoms with van der Waals surface area (Å²) in [5, 5.41) is 10.7. The van der Waals surface area contributed by atoms with E-state index in [2.05, 4.69) is 5.32 Å². The minimum Gasteiger partial charge on any atom is -0.384 e. The lowest BCUT2D eigenvalue weighted by atomic mass is 9.75. The van der Waals surface area contributed by atoms with Gasteiger partial charge >= 0.3 is 0 Å². The molecule has 4 N–H and O–H groups in total. The van der Waals surface area contributed by atoms with Crippen LogP contribution in [0.5, 0.6) is 0 Å². The van der Waals surface area contributed by atoms with E-state index in [9.17, 15) is 22.0 Å². The zero-order valence-corrected chi connectivity index (χ0v) is 15.9. The summed E-state index contributed by atoms with van der Waals surface area (Å²) in [6.07, 6.45) is 0.391. The Morgan fingerprint density at radius 3 is 2.19 bits per heavy atom. The number of nitrogens with two attached hydrogens (primary N) is 1. The van der Waals surface area contributed by atoms with Crippen molar-refractivity contribution < 1.29 is 22.0 Å². The highest BCUT2D eigenvalue weighted by molar-refractivity contribution is 5.95. The van der Waals surface area contributed by atoms with Crippen molar-refractivity contribution >= 4 is 11.5 Å². The number of anilines is 1. The largest absolute Gasteiger partial charge is 0.384 e. The molecule has 0 fully saturated rings. The molecule has 2 aliphatic rings. The Morgan fingerprint density at radius 2 is 1.52 bits per heavy atom. The molecule has 3 unspecified atom stereocenters. The number of rotatable bonds is 2. The van der Waals surface area contributed by atoms with Crippen molar-refractivity contribution in [3.63, 3.8) is 0 Å². The third-order valence-corrected chi connectivity index (χ3v) is 6.27. The molecule has 158 valence electrons. The molecular weight excluding hydrogens is 413 g/mol.